The molecular formula is C14H19FN2O. The smallest absolute Gasteiger partial charge is 0.126 e. The van der Waals surface area contributed by atoms with E-state index in [0.29, 0.717) is 6.54 Å². The van der Waals surface area contributed by atoms with Crippen LogP contribution in [-0.4, -0.2) is 41.8 Å². The van der Waals surface area contributed by atoms with E-state index in [-0.39, 0.29) is 18.0 Å². The van der Waals surface area contributed by atoms with Gasteiger partial charge in [0.1, 0.15) is 5.82 Å². The van der Waals surface area contributed by atoms with E-state index in [2.05, 4.69) is 10.2 Å². The summed E-state index contributed by atoms with van der Waals surface area (Å²) in [7, 11) is 0. The minimum absolute atomic E-state index is 0.0852. The van der Waals surface area contributed by atoms with Gasteiger partial charge in [-0.25, -0.2) is 4.39 Å². The predicted octanol–water partition coefficient (Wildman–Crippen LogP) is 0.907. The van der Waals surface area contributed by atoms with Gasteiger partial charge in [-0.3, -0.25) is 4.90 Å². The second-order valence-corrected chi connectivity index (χ2v) is 5.23. The second-order valence-electron chi connectivity index (χ2n) is 5.23. The van der Waals surface area contributed by atoms with Gasteiger partial charge in [0.05, 0.1) is 6.10 Å². The van der Waals surface area contributed by atoms with Gasteiger partial charge in [0.15, 0.2) is 0 Å². The molecule has 2 aliphatic rings. The van der Waals surface area contributed by atoms with Gasteiger partial charge in [0, 0.05) is 25.7 Å². The quantitative estimate of drug-likeness (QED) is 0.777. The van der Waals surface area contributed by atoms with Gasteiger partial charge in [0.2, 0.25) is 0 Å². The molecule has 0 aromatic heterocycles. The van der Waals surface area contributed by atoms with Crippen molar-refractivity contribution in [3.8, 4) is 0 Å². The van der Waals surface area contributed by atoms with Gasteiger partial charge in [-0.2, -0.15) is 0 Å². The standard InChI is InChI=1S/C14H19FN2O/c15-12-3-1-2-10-9-17(7-5-11(10)12)13-4-6-16-8-14(13)18/h1-3,13-14,16,18H,4-9H2/t13-,14-/m1/s1. The summed E-state index contributed by atoms with van der Waals surface area (Å²) in [5.74, 6) is -0.0852. The summed E-state index contributed by atoms with van der Waals surface area (Å²) in [6.45, 7) is 3.22. The number of rotatable bonds is 1. The molecule has 4 heteroatoms. The van der Waals surface area contributed by atoms with Crippen LogP contribution in [0, 0.1) is 5.82 Å². The third-order valence-electron chi connectivity index (χ3n) is 4.12. The first-order chi connectivity index (χ1) is 8.75. The minimum atomic E-state index is -0.311. The van der Waals surface area contributed by atoms with Gasteiger partial charge in [0.25, 0.3) is 0 Å². The average Bonchev–Trinajstić information content (AvgIpc) is 2.39. The van der Waals surface area contributed by atoms with Crippen LogP contribution < -0.4 is 5.32 Å². The minimum Gasteiger partial charge on any atom is -0.390 e. The zero-order valence-electron chi connectivity index (χ0n) is 10.4. The van der Waals surface area contributed by atoms with E-state index in [9.17, 15) is 9.50 Å². The fourth-order valence-corrected chi connectivity index (χ4v) is 3.12. The van der Waals surface area contributed by atoms with Gasteiger partial charge >= 0.3 is 0 Å². The van der Waals surface area contributed by atoms with E-state index < -0.39 is 0 Å². The third kappa shape index (κ3) is 2.16. The normalized spacial score (nSPS) is 29.0. The van der Waals surface area contributed by atoms with Crippen molar-refractivity contribution in [2.75, 3.05) is 19.6 Å². The molecule has 98 valence electrons. The summed E-state index contributed by atoms with van der Waals surface area (Å²) in [5.41, 5.74) is 1.93. The Kier molecular flexibility index (Phi) is 3.33. The Morgan fingerprint density at radius 3 is 3.11 bits per heavy atom. The maximum absolute atomic E-state index is 13.6. The number of aliphatic hydroxyl groups is 1. The Morgan fingerprint density at radius 1 is 1.39 bits per heavy atom. The Morgan fingerprint density at radius 2 is 2.28 bits per heavy atom. The lowest BCUT2D eigenvalue weighted by Crippen LogP contribution is -2.53. The molecule has 1 aromatic rings. The van der Waals surface area contributed by atoms with Crippen LogP contribution in [0.4, 0.5) is 4.39 Å². The third-order valence-corrected chi connectivity index (χ3v) is 4.12. The van der Waals surface area contributed by atoms with Gasteiger partial charge < -0.3 is 10.4 Å². The average molecular weight is 250 g/mol. The Bertz CT molecular complexity index is 438. The molecule has 1 aromatic carbocycles. The zero-order valence-corrected chi connectivity index (χ0v) is 10.4. The summed E-state index contributed by atoms with van der Waals surface area (Å²) < 4.78 is 13.6. The van der Waals surface area contributed by atoms with Crippen LogP contribution in [0.5, 0.6) is 0 Å². The highest BCUT2D eigenvalue weighted by Gasteiger charge is 2.31. The van der Waals surface area contributed by atoms with Crippen LogP contribution in [0.25, 0.3) is 0 Å². The number of hydrogen-bond acceptors (Lipinski definition) is 3. The first-order valence-electron chi connectivity index (χ1n) is 6.65. The molecule has 0 spiro atoms. The maximum atomic E-state index is 13.6. The molecule has 0 bridgehead atoms. The van der Waals surface area contributed by atoms with Gasteiger partial charge in [-0.1, -0.05) is 12.1 Å². The summed E-state index contributed by atoms with van der Waals surface area (Å²) in [6, 6.07) is 5.52. The Balaban J connectivity index is 1.78. The second kappa shape index (κ2) is 4.96. The molecule has 0 saturated carbocycles. The molecule has 0 aliphatic carbocycles. The van der Waals surface area contributed by atoms with Crippen LogP contribution in [0.3, 0.4) is 0 Å². The summed E-state index contributed by atoms with van der Waals surface area (Å²) in [6.07, 6.45) is 1.40. The molecule has 1 saturated heterocycles. The molecule has 2 heterocycles. The van der Waals surface area contributed by atoms with Gasteiger partial charge in [-0.15, -0.1) is 0 Å². The molecule has 2 aliphatic heterocycles. The molecular weight excluding hydrogens is 231 g/mol. The molecule has 0 amide bonds. The van der Waals surface area contributed by atoms with E-state index >= 15 is 0 Å². The highest BCUT2D eigenvalue weighted by atomic mass is 19.1. The zero-order chi connectivity index (χ0) is 12.5. The number of piperidine rings is 1. The number of benzene rings is 1. The van der Waals surface area contributed by atoms with Crippen molar-refractivity contribution in [2.45, 2.75) is 31.5 Å². The van der Waals surface area contributed by atoms with E-state index in [4.69, 9.17) is 0 Å². The number of nitrogens with one attached hydrogen (secondary N) is 1. The first kappa shape index (κ1) is 12.1. The van der Waals surface area contributed by atoms with Crippen molar-refractivity contribution >= 4 is 0 Å². The number of hydrogen-bond donors (Lipinski definition) is 2. The van der Waals surface area contributed by atoms with Crippen molar-refractivity contribution < 1.29 is 9.50 Å². The van der Waals surface area contributed by atoms with Crippen LogP contribution in [0.15, 0.2) is 18.2 Å². The fourth-order valence-electron chi connectivity index (χ4n) is 3.12. The lowest BCUT2D eigenvalue weighted by molar-refractivity contribution is 0.0217. The highest BCUT2D eigenvalue weighted by Crippen LogP contribution is 2.25. The number of nitrogens with zero attached hydrogens (tertiary/aromatic N) is 1. The van der Waals surface area contributed by atoms with E-state index in [1.165, 1.54) is 6.07 Å². The van der Waals surface area contributed by atoms with Crippen LogP contribution in [-0.2, 0) is 13.0 Å². The van der Waals surface area contributed by atoms with Crippen LogP contribution >= 0.6 is 0 Å². The van der Waals surface area contributed by atoms with Crippen molar-refractivity contribution in [2.24, 2.45) is 0 Å². The van der Waals surface area contributed by atoms with Crippen LogP contribution in [0.1, 0.15) is 17.5 Å². The number of fused-ring (bicyclic) bond motifs is 1. The molecule has 3 rings (SSSR count). The maximum Gasteiger partial charge on any atom is 0.126 e. The van der Waals surface area contributed by atoms with E-state index in [0.717, 1.165) is 43.6 Å². The van der Waals surface area contributed by atoms with Crippen molar-refractivity contribution in [1.29, 1.82) is 0 Å². The number of β-amino-alcohol motifs (C(OH)–C–C–N with tert-alkyl or cyclic N) is 1. The largest absolute Gasteiger partial charge is 0.390 e. The van der Waals surface area contributed by atoms with Crippen molar-refractivity contribution in [3.05, 3.63) is 35.1 Å². The highest BCUT2D eigenvalue weighted by molar-refractivity contribution is 5.30. The summed E-state index contributed by atoms with van der Waals surface area (Å²) in [5, 5.41) is 13.2. The number of aliphatic hydroxyl groups excluding tert-OH is 1. The van der Waals surface area contributed by atoms with E-state index in [1.54, 1.807) is 6.07 Å². The Hall–Kier alpha value is -0.970. The fraction of sp³-hybridized carbons (Fsp3) is 0.571. The lowest BCUT2D eigenvalue weighted by Gasteiger charge is -2.40. The van der Waals surface area contributed by atoms with Crippen molar-refractivity contribution in [3.63, 3.8) is 0 Å². The van der Waals surface area contributed by atoms with Gasteiger partial charge in [-0.05, 0) is 36.6 Å². The molecule has 1 fully saturated rings. The summed E-state index contributed by atoms with van der Waals surface area (Å²) in [4.78, 5) is 2.30. The lowest BCUT2D eigenvalue weighted by atomic mass is 9.94. The summed E-state index contributed by atoms with van der Waals surface area (Å²) >= 11 is 0. The number of halogens is 1. The monoisotopic (exact) mass is 250 g/mol. The topological polar surface area (TPSA) is 35.5 Å². The molecule has 18 heavy (non-hydrogen) atoms. The van der Waals surface area contributed by atoms with E-state index in [1.807, 2.05) is 6.07 Å². The molecule has 2 N–H and O–H groups in total. The molecule has 2 atom stereocenters. The predicted molar refractivity (Wildman–Crippen MR) is 67.8 cm³/mol. The molecule has 3 nitrogen and oxygen atoms in total. The SMILES string of the molecule is O[C@@H]1CNCC[C@H]1N1CCc2c(F)cccc2C1. The molecule has 0 unspecified atom stereocenters. The molecule has 0 radical (unpaired) electrons. The Labute approximate surface area is 107 Å². The first-order valence-corrected chi connectivity index (χ1v) is 6.65. The van der Waals surface area contributed by atoms with Crippen molar-refractivity contribution in [1.82, 2.24) is 10.2 Å². The van der Waals surface area contributed by atoms with Crippen LogP contribution in [0.2, 0.25) is 0 Å².